The van der Waals surface area contributed by atoms with Gasteiger partial charge in [-0.05, 0) is 49.2 Å². The van der Waals surface area contributed by atoms with Gasteiger partial charge in [-0.15, -0.1) is 24.0 Å². The van der Waals surface area contributed by atoms with Gasteiger partial charge >= 0.3 is 0 Å². The van der Waals surface area contributed by atoms with Crippen LogP contribution in [0.1, 0.15) is 24.5 Å². The number of likely N-dealkylation sites (tertiary alicyclic amines) is 1. The minimum atomic E-state index is 0. The van der Waals surface area contributed by atoms with Gasteiger partial charge < -0.3 is 30.0 Å². The van der Waals surface area contributed by atoms with Crippen LogP contribution >= 0.6 is 24.0 Å². The first-order chi connectivity index (χ1) is 15.5. The highest BCUT2D eigenvalue weighted by Gasteiger charge is 2.23. The lowest BCUT2D eigenvalue weighted by Gasteiger charge is -2.19. The van der Waals surface area contributed by atoms with Gasteiger partial charge in [-0.1, -0.05) is 0 Å². The fraction of sp³-hybridized carbons (Fsp3) is 0.458. The molecule has 1 aliphatic rings. The smallest absolute Gasteiger partial charge is 0.191 e. The molecule has 1 unspecified atom stereocenters. The Morgan fingerprint density at radius 3 is 2.39 bits per heavy atom. The molecule has 0 bridgehead atoms. The highest BCUT2D eigenvalue weighted by Crippen LogP contribution is 2.25. The number of benzene rings is 2. The molecule has 1 aliphatic heterocycles. The van der Waals surface area contributed by atoms with Crippen LogP contribution in [0.3, 0.4) is 0 Å². The minimum Gasteiger partial charge on any atom is -0.508 e. The summed E-state index contributed by atoms with van der Waals surface area (Å²) in [6.07, 6.45) is 1.02. The molecule has 3 N–H and O–H groups in total. The molecule has 0 amide bonds. The van der Waals surface area contributed by atoms with Crippen molar-refractivity contribution >= 4 is 29.9 Å². The van der Waals surface area contributed by atoms with Crippen molar-refractivity contribution in [1.82, 2.24) is 15.5 Å². The Bertz CT molecular complexity index is 903. The first-order valence-electron chi connectivity index (χ1n) is 10.9. The van der Waals surface area contributed by atoms with Crippen LogP contribution in [-0.2, 0) is 13.1 Å². The van der Waals surface area contributed by atoms with Crippen molar-refractivity contribution in [2.45, 2.75) is 32.5 Å². The maximum absolute atomic E-state index is 10.1. The van der Waals surface area contributed by atoms with Crippen LogP contribution in [0.4, 0.5) is 0 Å². The third kappa shape index (κ3) is 7.85. The van der Waals surface area contributed by atoms with E-state index in [1.54, 1.807) is 33.5 Å². The monoisotopic (exact) mass is 570 g/mol. The van der Waals surface area contributed by atoms with E-state index in [2.05, 4.69) is 32.7 Å². The summed E-state index contributed by atoms with van der Waals surface area (Å²) in [6, 6.07) is 11.5. The quantitative estimate of drug-likeness (QED) is 0.242. The Hall–Kier alpha value is -2.40. The molecule has 0 aliphatic carbocycles. The first kappa shape index (κ1) is 26.8. The number of phenolic OH excluding ortho intramolecular Hbond substituents is 1. The molecule has 0 aromatic heterocycles. The summed E-state index contributed by atoms with van der Waals surface area (Å²) in [4.78, 5) is 7.07. The lowest BCUT2D eigenvalue weighted by Crippen LogP contribution is -2.44. The van der Waals surface area contributed by atoms with Gasteiger partial charge in [-0.25, -0.2) is 4.99 Å². The van der Waals surface area contributed by atoms with Crippen LogP contribution in [-0.4, -0.2) is 63.0 Å². The normalized spacial score (nSPS) is 16.1. The largest absolute Gasteiger partial charge is 0.508 e. The summed E-state index contributed by atoms with van der Waals surface area (Å²) in [6.45, 7) is 5.89. The number of nitrogens with one attached hydrogen (secondary N) is 2. The molecule has 1 fully saturated rings. The zero-order valence-electron chi connectivity index (χ0n) is 19.8. The molecule has 3 rings (SSSR count). The molecule has 2 aromatic rings. The number of rotatable bonds is 9. The van der Waals surface area contributed by atoms with Gasteiger partial charge in [0.05, 0.1) is 27.9 Å². The average Bonchev–Trinajstić information content (AvgIpc) is 3.24. The number of methoxy groups -OCH3 is 3. The summed E-state index contributed by atoms with van der Waals surface area (Å²) in [5.41, 5.74) is 1.89. The number of aliphatic imine (C=N–C) groups is 1. The van der Waals surface area contributed by atoms with E-state index in [0.717, 1.165) is 61.2 Å². The van der Waals surface area contributed by atoms with E-state index in [0.29, 0.717) is 18.3 Å². The summed E-state index contributed by atoms with van der Waals surface area (Å²) < 4.78 is 16.0. The van der Waals surface area contributed by atoms with E-state index in [4.69, 9.17) is 14.2 Å². The molecule has 8 nitrogen and oxygen atoms in total. The van der Waals surface area contributed by atoms with Gasteiger partial charge in [0.2, 0.25) is 0 Å². The highest BCUT2D eigenvalue weighted by molar-refractivity contribution is 14.0. The molecular weight excluding hydrogens is 535 g/mol. The zero-order valence-corrected chi connectivity index (χ0v) is 22.1. The van der Waals surface area contributed by atoms with Crippen molar-refractivity contribution in [3.05, 3.63) is 47.5 Å². The van der Waals surface area contributed by atoms with E-state index in [1.807, 2.05) is 19.1 Å². The summed E-state index contributed by atoms with van der Waals surface area (Å²) in [5.74, 6) is 3.26. The maximum atomic E-state index is 10.1. The second-order valence-electron chi connectivity index (χ2n) is 7.78. The Kier molecular flexibility index (Phi) is 10.9. The molecule has 9 heteroatoms. The zero-order chi connectivity index (χ0) is 22.9. The van der Waals surface area contributed by atoms with Gasteiger partial charge in [0.15, 0.2) is 5.96 Å². The predicted octanol–water partition coefficient (Wildman–Crippen LogP) is 3.37. The third-order valence-corrected chi connectivity index (χ3v) is 5.47. The van der Waals surface area contributed by atoms with Crippen LogP contribution in [0, 0.1) is 0 Å². The Balaban J connectivity index is 0.00000385. The van der Waals surface area contributed by atoms with Crippen molar-refractivity contribution in [1.29, 1.82) is 0 Å². The van der Waals surface area contributed by atoms with Crippen molar-refractivity contribution in [2.75, 3.05) is 41.0 Å². The van der Waals surface area contributed by atoms with E-state index < -0.39 is 0 Å². The summed E-state index contributed by atoms with van der Waals surface area (Å²) >= 11 is 0. The molecule has 1 heterocycles. The number of phenols is 1. The second-order valence-corrected chi connectivity index (χ2v) is 7.78. The second kappa shape index (κ2) is 13.3. The summed E-state index contributed by atoms with van der Waals surface area (Å²) in [7, 11) is 4.95. The molecule has 0 spiro atoms. The van der Waals surface area contributed by atoms with Crippen LogP contribution < -0.4 is 24.8 Å². The van der Waals surface area contributed by atoms with Crippen LogP contribution in [0.5, 0.6) is 23.0 Å². The van der Waals surface area contributed by atoms with Crippen molar-refractivity contribution in [3.63, 3.8) is 0 Å². The number of nitrogens with zero attached hydrogens (tertiary/aromatic N) is 2. The number of aromatic hydroxyl groups is 1. The molecule has 1 saturated heterocycles. The van der Waals surface area contributed by atoms with E-state index in [1.165, 1.54) is 0 Å². The van der Waals surface area contributed by atoms with Crippen molar-refractivity contribution < 1.29 is 19.3 Å². The van der Waals surface area contributed by atoms with Crippen molar-refractivity contribution in [3.8, 4) is 23.0 Å². The number of hydrogen-bond acceptors (Lipinski definition) is 6. The molecular formula is C24H35IN4O4. The van der Waals surface area contributed by atoms with Crippen LogP contribution in [0.2, 0.25) is 0 Å². The number of halogens is 1. The number of ether oxygens (including phenoxy) is 3. The average molecular weight is 570 g/mol. The molecule has 33 heavy (non-hydrogen) atoms. The van der Waals surface area contributed by atoms with Gasteiger partial charge in [0, 0.05) is 43.9 Å². The molecule has 2 aromatic carbocycles. The maximum Gasteiger partial charge on any atom is 0.191 e. The third-order valence-electron chi connectivity index (χ3n) is 5.47. The SMILES string of the molecule is CCNC(=NCc1cc(OC)ccc1O)NC1CCN(Cc2cc(OC)cc(OC)c2)C1.I. The fourth-order valence-corrected chi connectivity index (χ4v) is 3.80. The van der Waals surface area contributed by atoms with E-state index in [9.17, 15) is 5.11 Å². The Labute approximate surface area is 213 Å². The van der Waals surface area contributed by atoms with Gasteiger partial charge in [0.1, 0.15) is 23.0 Å². The standard InChI is InChI=1S/C24H34N4O4.HI/c1-5-25-24(26-14-18-12-20(30-2)6-7-23(18)29)27-19-8-9-28(16-19)15-17-10-21(31-3)13-22(11-17)32-4;/h6-7,10-13,19,29H,5,8-9,14-16H2,1-4H3,(H2,25,26,27);1H. The topological polar surface area (TPSA) is 87.6 Å². The van der Waals surface area contributed by atoms with Gasteiger partial charge in [0.25, 0.3) is 0 Å². The Morgan fingerprint density at radius 1 is 1.06 bits per heavy atom. The minimum absolute atomic E-state index is 0. The predicted molar refractivity (Wildman–Crippen MR) is 141 cm³/mol. The van der Waals surface area contributed by atoms with Crippen LogP contribution in [0.15, 0.2) is 41.4 Å². The van der Waals surface area contributed by atoms with Crippen molar-refractivity contribution in [2.24, 2.45) is 4.99 Å². The van der Waals surface area contributed by atoms with Gasteiger partial charge in [-0.3, -0.25) is 4.90 Å². The fourth-order valence-electron chi connectivity index (χ4n) is 3.80. The van der Waals surface area contributed by atoms with Gasteiger partial charge in [-0.2, -0.15) is 0 Å². The lowest BCUT2D eigenvalue weighted by atomic mass is 10.2. The lowest BCUT2D eigenvalue weighted by molar-refractivity contribution is 0.321. The molecule has 0 saturated carbocycles. The number of hydrogen-bond donors (Lipinski definition) is 3. The van der Waals surface area contributed by atoms with Crippen LogP contribution in [0.25, 0.3) is 0 Å². The Morgan fingerprint density at radius 2 is 1.76 bits per heavy atom. The van der Waals surface area contributed by atoms with E-state index in [-0.39, 0.29) is 29.7 Å². The number of guanidine groups is 1. The highest BCUT2D eigenvalue weighted by atomic mass is 127. The molecule has 1 atom stereocenters. The van der Waals surface area contributed by atoms with E-state index >= 15 is 0 Å². The first-order valence-corrected chi connectivity index (χ1v) is 10.9. The summed E-state index contributed by atoms with van der Waals surface area (Å²) in [5, 5.41) is 16.9. The molecule has 182 valence electrons. The molecule has 0 radical (unpaired) electrons.